The first kappa shape index (κ1) is 41.9. The number of hydrogen-bond donors (Lipinski definition) is 6. The minimum absolute atomic E-state index is 0. The molecule has 0 spiro atoms. The smallest absolute Gasteiger partial charge is 0.870 e. The van der Waals surface area contributed by atoms with Gasteiger partial charge < -0.3 is 36.8 Å². The number of amidine groups is 2. The van der Waals surface area contributed by atoms with Crippen LogP contribution in [0.4, 0.5) is 10.1 Å². The van der Waals surface area contributed by atoms with Crippen LogP contribution in [0.5, 0.6) is 0 Å². The second-order valence-corrected chi connectivity index (χ2v) is 8.11. The van der Waals surface area contributed by atoms with Gasteiger partial charge in [0.25, 0.3) is 5.09 Å². The Labute approximate surface area is 255 Å². The third-order valence-electron chi connectivity index (χ3n) is 4.89. The van der Waals surface area contributed by atoms with Gasteiger partial charge in [0.1, 0.15) is 35.9 Å². The molecule has 40 heavy (non-hydrogen) atoms. The Balaban J connectivity index is -0.000000715. The maximum Gasteiger partial charge on any atom is 1.00 e. The quantitative estimate of drug-likeness (QED) is 0.0812. The monoisotopic (exact) mass is 578 g/mol. The van der Waals surface area contributed by atoms with Gasteiger partial charge in [-0.05, 0) is 69.5 Å². The van der Waals surface area contributed by atoms with Crippen molar-refractivity contribution in [2.45, 2.75) is 46.6 Å². The molecule has 1 aliphatic rings. The molecular formula is C25H40FN6NaO7. The summed E-state index contributed by atoms with van der Waals surface area (Å²) in [4.78, 5) is 22.4. The first-order valence-corrected chi connectivity index (χ1v) is 11.8. The molecule has 1 fully saturated rings. The van der Waals surface area contributed by atoms with Crippen molar-refractivity contribution in [3.05, 3.63) is 74.6 Å². The van der Waals surface area contributed by atoms with Crippen LogP contribution in [0.1, 0.15) is 35.6 Å². The first-order valence-electron chi connectivity index (χ1n) is 11.8. The van der Waals surface area contributed by atoms with Crippen molar-refractivity contribution in [2.24, 2.45) is 21.6 Å². The Bertz CT molecular complexity index is 1050. The molecule has 220 valence electrons. The molecule has 0 amide bonds. The third-order valence-corrected chi connectivity index (χ3v) is 4.89. The molecule has 2 aromatic rings. The van der Waals surface area contributed by atoms with Crippen LogP contribution in [0, 0.1) is 36.7 Å². The van der Waals surface area contributed by atoms with Crippen LogP contribution in [0.15, 0.2) is 46.4 Å². The maximum absolute atomic E-state index is 14.1. The van der Waals surface area contributed by atoms with Crippen molar-refractivity contribution in [1.29, 1.82) is 0 Å². The van der Waals surface area contributed by atoms with Crippen molar-refractivity contribution in [1.82, 2.24) is 5.32 Å². The molecule has 0 aliphatic carbocycles. The number of hydrogen-bond acceptors (Lipinski definition) is 10. The largest absolute Gasteiger partial charge is 1.00 e. The van der Waals surface area contributed by atoms with E-state index in [4.69, 9.17) is 21.2 Å². The summed E-state index contributed by atoms with van der Waals surface area (Å²) in [5, 5.41) is 35.1. The fourth-order valence-electron chi connectivity index (χ4n) is 3.15. The summed E-state index contributed by atoms with van der Waals surface area (Å²) in [6.07, 6.45) is 0.919. The van der Waals surface area contributed by atoms with Crippen LogP contribution in [-0.2, 0) is 11.3 Å². The van der Waals surface area contributed by atoms with Gasteiger partial charge in [0.05, 0.1) is 0 Å². The molecule has 0 bridgehead atoms. The number of rotatable bonds is 6. The average Bonchev–Trinajstić information content (AvgIpc) is 3.37. The molecule has 1 atom stereocenters. The van der Waals surface area contributed by atoms with Crippen molar-refractivity contribution >= 4 is 17.4 Å². The van der Waals surface area contributed by atoms with E-state index in [2.05, 4.69) is 26.0 Å². The molecule has 1 heterocycles. The van der Waals surface area contributed by atoms with Crippen LogP contribution in [0.3, 0.4) is 0 Å². The number of nitrogens with one attached hydrogen (secondary N) is 1. The van der Waals surface area contributed by atoms with Gasteiger partial charge >= 0.3 is 29.6 Å². The van der Waals surface area contributed by atoms with Crippen LogP contribution >= 0.6 is 0 Å². The molecule has 1 saturated heterocycles. The SMILES string of the molecule is CCO.Cc1ccc(N=C(Cc2cc(C)ccc2C)N=C(N)CO)c(F)c1.NO.O=[N+]([O-])OC1CCNC1.[Na+].[OH-]. The molecule has 1 unspecified atom stereocenters. The minimum atomic E-state index is -0.738. The van der Waals surface area contributed by atoms with E-state index in [-0.39, 0.29) is 65.9 Å². The normalized spacial score (nSPS) is 14.0. The van der Waals surface area contributed by atoms with Crippen LogP contribution in [0.2, 0.25) is 0 Å². The number of aryl methyl sites for hydroxylation is 3. The van der Waals surface area contributed by atoms with Crippen LogP contribution < -0.4 is 46.5 Å². The predicted molar refractivity (Wildman–Crippen MR) is 147 cm³/mol. The number of halogens is 1. The minimum Gasteiger partial charge on any atom is -0.870 e. The summed E-state index contributed by atoms with van der Waals surface area (Å²) in [5.74, 6) is 3.50. The van der Waals surface area contributed by atoms with Crippen molar-refractivity contribution in [3.8, 4) is 0 Å². The van der Waals surface area contributed by atoms with Gasteiger partial charge in [0, 0.05) is 19.6 Å². The third kappa shape index (κ3) is 17.9. The van der Waals surface area contributed by atoms with Gasteiger partial charge in [-0.1, -0.05) is 29.8 Å². The molecule has 15 heteroatoms. The average molecular weight is 579 g/mol. The molecule has 0 saturated carbocycles. The molecule has 2 aromatic carbocycles. The Morgan fingerprint density at radius 3 is 2.25 bits per heavy atom. The zero-order chi connectivity index (χ0) is 29.1. The van der Waals surface area contributed by atoms with E-state index in [0.717, 1.165) is 35.2 Å². The van der Waals surface area contributed by atoms with Gasteiger partial charge in [0.2, 0.25) is 0 Å². The summed E-state index contributed by atoms with van der Waals surface area (Å²) in [6, 6.07) is 10.9. The number of aliphatic hydroxyl groups excluding tert-OH is 2. The Morgan fingerprint density at radius 2 is 1.75 bits per heavy atom. The van der Waals surface area contributed by atoms with Crippen molar-refractivity contribution in [2.75, 3.05) is 26.3 Å². The first-order chi connectivity index (χ1) is 18.1. The number of nitrogens with two attached hydrogens (primary N) is 2. The predicted octanol–water partition coefficient (Wildman–Crippen LogP) is -0.910. The van der Waals surface area contributed by atoms with Gasteiger partial charge in [-0.2, -0.15) is 0 Å². The number of aliphatic hydroxyl groups is 2. The molecule has 0 aromatic heterocycles. The molecule has 13 nitrogen and oxygen atoms in total. The fourth-order valence-corrected chi connectivity index (χ4v) is 3.15. The van der Waals surface area contributed by atoms with Crippen LogP contribution in [-0.4, -0.2) is 70.1 Å². The summed E-state index contributed by atoms with van der Waals surface area (Å²) in [6.45, 7) is 8.79. The Kier molecular flexibility index (Phi) is 25.5. The van der Waals surface area contributed by atoms with E-state index in [1.165, 1.54) is 6.07 Å². The second-order valence-electron chi connectivity index (χ2n) is 8.11. The van der Waals surface area contributed by atoms with Crippen molar-refractivity contribution in [3.63, 3.8) is 0 Å². The number of benzene rings is 2. The zero-order valence-electron chi connectivity index (χ0n) is 23.7. The van der Waals surface area contributed by atoms with Gasteiger partial charge in [-0.25, -0.2) is 20.3 Å². The van der Waals surface area contributed by atoms with E-state index >= 15 is 0 Å². The summed E-state index contributed by atoms with van der Waals surface area (Å²) in [5.41, 5.74) is 9.91. The van der Waals surface area contributed by atoms with E-state index in [1.54, 1.807) is 19.1 Å². The molecule has 9 N–H and O–H groups in total. The Morgan fingerprint density at radius 1 is 1.18 bits per heavy atom. The van der Waals surface area contributed by atoms with Crippen molar-refractivity contribution < 1.29 is 64.8 Å². The summed E-state index contributed by atoms with van der Waals surface area (Å²) >= 11 is 0. The van der Waals surface area contributed by atoms with E-state index in [0.29, 0.717) is 18.8 Å². The van der Waals surface area contributed by atoms with Gasteiger partial charge in [-0.15, -0.1) is 10.1 Å². The summed E-state index contributed by atoms with van der Waals surface area (Å²) in [7, 11) is 0. The molecule has 0 radical (unpaired) electrons. The zero-order valence-corrected chi connectivity index (χ0v) is 25.7. The Hall–Kier alpha value is -2.53. The van der Waals surface area contributed by atoms with Gasteiger partial charge in [-0.3, -0.25) is 0 Å². The van der Waals surface area contributed by atoms with E-state index in [9.17, 15) is 14.5 Å². The fraction of sp³-hybridized carbons (Fsp3) is 0.440. The van der Waals surface area contributed by atoms with E-state index in [1.807, 2.05) is 39.0 Å². The number of aliphatic imine (C=N–C) groups is 2. The summed E-state index contributed by atoms with van der Waals surface area (Å²) < 4.78 is 14.1. The molecule has 3 rings (SSSR count). The topological polar surface area (TPSA) is 232 Å². The van der Waals surface area contributed by atoms with Gasteiger partial charge in [0.15, 0.2) is 0 Å². The standard InChI is InChI=1S/C19H22FN3O.C4H8N2O3.C2H6O.H3NO.Na.H2O/c1-12-4-6-14(3)15(8-12)10-19(23-18(21)11-24)22-17-7-5-13(2)9-16(17)20;7-6(8)9-4-1-2-5-3-4;1-2-3;1-2;;/h4-9,24H,10-11H2,1-3H3,(H2,21,22,23);4-5H,1-3H2;3H,2H2,1H3;2H,1H2;;1H2/q;;;;+1;/p-1. The molecule has 1 aliphatic heterocycles. The maximum atomic E-state index is 14.1. The van der Waals surface area contributed by atoms with Crippen LogP contribution in [0.25, 0.3) is 0 Å². The second kappa shape index (κ2) is 24.3. The molecular weight excluding hydrogens is 538 g/mol. The number of nitrogens with zero attached hydrogens (tertiary/aromatic N) is 3. The van der Waals surface area contributed by atoms with E-state index < -0.39 is 10.9 Å².